The lowest BCUT2D eigenvalue weighted by atomic mass is 9.86. The lowest BCUT2D eigenvalue weighted by molar-refractivity contribution is 0.554. The fourth-order valence-corrected chi connectivity index (χ4v) is 3.28. The molecule has 0 fully saturated rings. The van der Waals surface area contributed by atoms with Crippen LogP contribution in [0.1, 0.15) is 76.2 Å². The van der Waals surface area contributed by atoms with Gasteiger partial charge in [0.2, 0.25) is 0 Å². The van der Waals surface area contributed by atoms with Gasteiger partial charge in [-0.25, -0.2) is 0 Å². The summed E-state index contributed by atoms with van der Waals surface area (Å²) < 4.78 is 0. The van der Waals surface area contributed by atoms with Crippen LogP contribution in [-0.4, -0.2) is 0 Å². The molecule has 0 nitrogen and oxygen atoms in total. The Balaban J connectivity index is 1.78. The van der Waals surface area contributed by atoms with Crippen molar-refractivity contribution in [2.24, 2.45) is 0 Å². The van der Waals surface area contributed by atoms with Gasteiger partial charge in [-0.2, -0.15) is 0 Å². The highest BCUT2D eigenvalue weighted by Gasteiger charge is 2.16. The van der Waals surface area contributed by atoms with E-state index in [9.17, 15) is 0 Å². The fourth-order valence-electron chi connectivity index (χ4n) is 3.28. The standard InChI is InChI=1S/C21H30/c1-2-3-4-5-6-7-11-18-21(20-16-12-13-17-20)19-14-9-8-10-15-19/h8-10,12-16,21H,2-7,11,17-18H2,1H3. The van der Waals surface area contributed by atoms with E-state index >= 15 is 0 Å². The van der Waals surface area contributed by atoms with Gasteiger partial charge in [-0.1, -0.05) is 106 Å². The SMILES string of the molecule is CCCCCCCCCC(C1=CC=CC1)c1ccccc1. The summed E-state index contributed by atoms with van der Waals surface area (Å²) in [7, 11) is 0. The van der Waals surface area contributed by atoms with Crippen molar-refractivity contribution in [3.8, 4) is 0 Å². The normalized spacial score (nSPS) is 15.2. The van der Waals surface area contributed by atoms with Gasteiger partial charge in [0, 0.05) is 5.92 Å². The number of hydrogen-bond acceptors (Lipinski definition) is 0. The minimum absolute atomic E-state index is 0.636. The van der Waals surface area contributed by atoms with E-state index in [1.54, 1.807) is 5.57 Å². The zero-order valence-corrected chi connectivity index (χ0v) is 13.6. The second kappa shape index (κ2) is 9.60. The molecule has 0 radical (unpaired) electrons. The third kappa shape index (κ3) is 5.53. The Labute approximate surface area is 131 Å². The molecule has 0 bridgehead atoms. The third-order valence-electron chi connectivity index (χ3n) is 4.55. The van der Waals surface area contributed by atoms with Gasteiger partial charge >= 0.3 is 0 Å². The lowest BCUT2D eigenvalue weighted by Crippen LogP contribution is -2.02. The maximum atomic E-state index is 2.33. The van der Waals surface area contributed by atoms with Crippen molar-refractivity contribution in [1.82, 2.24) is 0 Å². The van der Waals surface area contributed by atoms with E-state index in [0.29, 0.717) is 5.92 Å². The Morgan fingerprint density at radius 2 is 1.62 bits per heavy atom. The highest BCUT2D eigenvalue weighted by molar-refractivity contribution is 5.35. The summed E-state index contributed by atoms with van der Waals surface area (Å²) in [5.74, 6) is 0.636. The van der Waals surface area contributed by atoms with Crippen LogP contribution in [0.15, 0.2) is 54.1 Å². The van der Waals surface area contributed by atoms with Gasteiger partial charge in [0.15, 0.2) is 0 Å². The van der Waals surface area contributed by atoms with Gasteiger partial charge in [0.25, 0.3) is 0 Å². The molecule has 0 spiro atoms. The van der Waals surface area contributed by atoms with Gasteiger partial charge in [-0.15, -0.1) is 0 Å². The molecule has 1 aromatic carbocycles. The minimum atomic E-state index is 0.636. The summed E-state index contributed by atoms with van der Waals surface area (Å²) in [6.45, 7) is 2.29. The van der Waals surface area contributed by atoms with Crippen molar-refractivity contribution >= 4 is 0 Å². The molecule has 0 heterocycles. The average molecular weight is 282 g/mol. The lowest BCUT2D eigenvalue weighted by Gasteiger charge is -2.19. The highest BCUT2D eigenvalue weighted by Crippen LogP contribution is 2.34. The molecule has 114 valence electrons. The number of hydrogen-bond donors (Lipinski definition) is 0. The summed E-state index contributed by atoms with van der Waals surface area (Å²) in [5, 5.41) is 0. The Morgan fingerprint density at radius 3 is 2.29 bits per heavy atom. The Kier molecular flexibility index (Phi) is 7.35. The maximum absolute atomic E-state index is 2.33. The highest BCUT2D eigenvalue weighted by atomic mass is 14.2. The molecule has 1 atom stereocenters. The molecular weight excluding hydrogens is 252 g/mol. The van der Waals surface area contributed by atoms with Crippen LogP contribution in [0.25, 0.3) is 0 Å². The first-order valence-electron chi connectivity index (χ1n) is 8.82. The van der Waals surface area contributed by atoms with Gasteiger partial charge in [0.05, 0.1) is 0 Å². The Morgan fingerprint density at radius 1 is 0.905 bits per heavy atom. The predicted octanol–water partition coefficient (Wildman–Crippen LogP) is 6.80. The molecule has 0 saturated heterocycles. The van der Waals surface area contributed by atoms with Crippen molar-refractivity contribution in [3.63, 3.8) is 0 Å². The molecule has 21 heavy (non-hydrogen) atoms. The third-order valence-corrected chi connectivity index (χ3v) is 4.55. The molecule has 0 amide bonds. The largest absolute Gasteiger partial charge is 0.0804 e. The topological polar surface area (TPSA) is 0 Å². The Bertz CT molecular complexity index is 438. The summed E-state index contributed by atoms with van der Waals surface area (Å²) in [6.07, 6.45) is 19.1. The minimum Gasteiger partial charge on any atom is -0.0804 e. The average Bonchev–Trinajstić information content (AvgIpc) is 3.05. The van der Waals surface area contributed by atoms with Gasteiger partial charge in [-0.3, -0.25) is 0 Å². The molecular formula is C21H30. The van der Waals surface area contributed by atoms with E-state index < -0.39 is 0 Å². The van der Waals surface area contributed by atoms with Crippen LogP contribution in [0, 0.1) is 0 Å². The summed E-state index contributed by atoms with van der Waals surface area (Å²) in [4.78, 5) is 0. The molecule has 0 heteroatoms. The quantitative estimate of drug-likeness (QED) is 0.414. The smallest absolute Gasteiger partial charge is 0.00543 e. The summed E-state index contributed by atoms with van der Waals surface area (Å²) in [6, 6.07) is 11.1. The summed E-state index contributed by atoms with van der Waals surface area (Å²) in [5.41, 5.74) is 3.10. The van der Waals surface area contributed by atoms with E-state index in [-0.39, 0.29) is 0 Å². The zero-order chi connectivity index (χ0) is 14.8. The van der Waals surface area contributed by atoms with Crippen LogP contribution in [0.5, 0.6) is 0 Å². The molecule has 1 aromatic rings. The molecule has 1 aliphatic carbocycles. The van der Waals surface area contributed by atoms with E-state index in [0.717, 1.165) is 6.42 Å². The van der Waals surface area contributed by atoms with Crippen LogP contribution < -0.4 is 0 Å². The van der Waals surface area contributed by atoms with Crippen molar-refractivity contribution in [2.75, 3.05) is 0 Å². The van der Waals surface area contributed by atoms with Crippen LogP contribution in [0.2, 0.25) is 0 Å². The molecule has 0 aliphatic heterocycles. The number of allylic oxidation sites excluding steroid dienone is 4. The van der Waals surface area contributed by atoms with E-state index in [1.807, 2.05) is 0 Å². The zero-order valence-electron chi connectivity index (χ0n) is 13.6. The second-order valence-electron chi connectivity index (χ2n) is 6.25. The van der Waals surface area contributed by atoms with Crippen LogP contribution in [0.4, 0.5) is 0 Å². The van der Waals surface area contributed by atoms with E-state index in [1.165, 1.54) is 56.9 Å². The molecule has 1 aliphatic rings. The number of unbranched alkanes of at least 4 members (excludes halogenated alkanes) is 6. The van der Waals surface area contributed by atoms with Crippen molar-refractivity contribution in [3.05, 3.63) is 59.7 Å². The first-order valence-corrected chi connectivity index (χ1v) is 8.82. The van der Waals surface area contributed by atoms with Crippen molar-refractivity contribution in [1.29, 1.82) is 0 Å². The molecule has 0 aromatic heterocycles. The predicted molar refractivity (Wildman–Crippen MR) is 93.6 cm³/mol. The second-order valence-corrected chi connectivity index (χ2v) is 6.25. The van der Waals surface area contributed by atoms with Crippen molar-refractivity contribution in [2.45, 2.75) is 70.6 Å². The number of benzene rings is 1. The molecule has 2 rings (SSSR count). The fraction of sp³-hybridized carbons (Fsp3) is 0.524. The van der Waals surface area contributed by atoms with E-state index in [4.69, 9.17) is 0 Å². The van der Waals surface area contributed by atoms with Gasteiger partial charge in [0.1, 0.15) is 0 Å². The summed E-state index contributed by atoms with van der Waals surface area (Å²) >= 11 is 0. The first-order chi connectivity index (χ1) is 10.4. The number of rotatable bonds is 10. The molecule has 0 saturated carbocycles. The van der Waals surface area contributed by atoms with Crippen molar-refractivity contribution < 1.29 is 0 Å². The monoisotopic (exact) mass is 282 g/mol. The maximum Gasteiger partial charge on any atom is 0.00543 e. The van der Waals surface area contributed by atoms with Crippen LogP contribution in [0.3, 0.4) is 0 Å². The van der Waals surface area contributed by atoms with Crippen LogP contribution >= 0.6 is 0 Å². The van der Waals surface area contributed by atoms with Gasteiger partial charge in [-0.05, 0) is 18.4 Å². The first kappa shape index (κ1) is 16.1. The molecule has 1 unspecified atom stereocenters. The van der Waals surface area contributed by atoms with E-state index in [2.05, 4.69) is 55.5 Å². The van der Waals surface area contributed by atoms with Gasteiger partial charge < -0.3 is 0 Å². The van der Waals surface area contributed by atoms with Crippen LogP contribution in [-0.2, 0) is 0 Å². The molecule has 0 N–H and O–H groups in total. The Hall–Kier alpha value is -1.30.